The summed E-state index contributed by atoms with van der Waals surface area (Å²) in [5.74, 6) is 1.28. The highest BCUT2D eigenvalue weighted by atomic mass is 16.4. The number of hydrogen-bond donors (Lipinski definition) is 1. The van der Waals surface area contributed by atoms with Crippen molar-refractivity contribution in [1.29, 1.82) is 0 Å². The molecule has 1 aromatic rings. The maximum atomic E-state index is 10.4. The van der Waals surface area contributed by atoms with Crippen molar-refractivity contribution < 1.29 is 19.4 Å². The molecule has 1 aliphatic carbocycles. The Morgan fingerprint density at radius 1 is 1.67 bits per heavy atom. The SMILES string of the molecule is O=C(O)/C=C/C[C@@H](CCCc1n[nH+]co1)C1CC1. The van der Waals surface area contributed by atoms with E-state index in [1.165, 1.54) is 25.3 Å². The molecule has 5 heteroatoms. The topological polar surface area (TPSA) is 77.5 Å². The van der Waals surface area contributed by atoms with E-state index in [2.05, 4.69) is 10.2 Å². The average molecular weight is 251 g/mol. The summed E-state index contributed by atoms with van der Waals surface area (Å²) in [4.78, 5) is 10.4. The first-order chi connectivity index (χ1) is 8.75. The second-order valence-corrected chi connectivity index (χ2v) is 4.84. The van der Waals surface area contributed by atoms with Crippen molar-refractivity contribution in [3.63, 3.8) is 0 Å². The minimum atomic E-state index is -0.861. The Balaban J connectivity index is 1.71. The molecule has 0 spiro atoms. The molecule has 1 heterocycles. The molecule has 0 radical (unpaired) electrons. The smallest absolute Gasteiger partial charge is 0.359 e. The molecule has 0 aromatic carbocycles. The van der Waals surface area contributed by atoms with Crippen LogP contribution in [-0.2, 0) is 11.2 Å². The van der Waals surface area contributed by atoms with E-state index in [9.17, 15) is 4.79 Å². The van der Waals surface area contributed by atoms with Crippen LogP contribution < -0.4 is 5.10 Å². The van der Waals surface area contributed by atoms with Crippen LogP contribution in [0.15, 0.2) is 23.0 Å². The van der Waals surface area contributed by atoms with Crippen molar-refractivity contribution in [2.75, 3.05) is 0 Å². The van der Waals surface area contributed by atoms with Gasteiger partial charge in [0.25, 0.3) is 5.89 Å². The van der Waals surface area contributed by atoms with Crippen LogP contribution in [-0.4, -0.2) is 16.2 Å². The molecule has 1 atom stereocenters. The van der Waals surface area contributed by atoms with Gasteiger partial charge in [0.1, 0.15) is 0 Å². The normalized spacial score (nSPS) is 17.1. The van der Waals surface area contributed by atoms with Crippen LogP contribution in [0.25, 0.3) is 0 Å². The van der Waals surface area contributed by atoms with Crippen molar-refractivity contribution in [1.82, 2.24) is 5.10 Å². The molecule has 98 valence electrons. The molecule has 0 bridgehead atoms. The second-order valence-electron chi connectivity index (χ2n) is 4.84. The lowest BCUT2D eigenvalue weighted by atomic mass is 9.93. The maximum absolute atomic E-state index is 10.4. The first-order valence-corrected chi connectivity index (χ1v) is 6.45. The van der Waals surface area contributed by atoms with Gasteiger partial charge >= 0.3 is 12.4 Å². The van der Waals surface area contributed by atoms with E-state index >= 15 is 0 Å². The standard InChI is InChI=1S/C13H18N2O3/c16-13(17)6-2-4-10(11-7-8-11)3-1-5-12-15-14-9-18-12/h2,6,9-11H,1,3-5,7-8H2,(H,16,17)/p+1/b6-2+/t10-/m1/s1. The van der Waals surface area contributed by atoms with Gasteiger partial charge in [-0.05, 0) is 43.9 Å². The second kappa shape index (κ2) is 6.33. The van der Waals surface area contributed by atoms with E-state index in [-0.39, 0.29) is 0 Å². The van der Waals surface area contributed by atoms with Crippen LogP contribution >= 0.6 is 0 Å². The number of rotatable bonds is 8. The lowest BCUT2D eigenvalue weighted by Crippen LogP contribution is -2.04. The summed E-state index contributed by atoms with van der Waals surface area (Å²) in [6.45, 7) is 0. The van der Waals surface area contributed by atoms with E-state index in [0.717, 1.165) is 37.5 Å². The zero-order valence-corrected chi connectivity index (χ0v) is 10.3. The van der Waals surface area contributed by atoms with E-state index in [4.69, 9.17) is 9.52 Å². The number of aliphatic carboxylic acids is 1. The Kier molecular flexibility index (Phi) is 4.50. The lowest BCUT2D eigenvalue weighted by molar-refractivity contribution is -0.456. The van der Waals surface area contributed by atoms with Crippen molar-refractivity contribution >= 4 is 5.97 Å². The quantitative estimate of drug-likeness (QED) is 0.715. The third-order valence-corrected chi connectivity index (χ3v) is 3.39. The number of nitrogens with one attached hydrogen (secondary N) is 1. The highest BCUT2D eigenvalue weighted by Crippen LogP contribution is 2.41. The Labute approximate surface area is 106 Å². The maximum Gasteiger partial charge on any atom is 0.359 e. The molecule has 0 aliphatic heterocycles. The van der Waals surface area contributed by atoms with Crippen LogP contribution in [0.3, 0.4) is 0 Å². The summed E-state index contributed by atoms with van der Waals surface area (Å²) in [6.07, 6.45) is 10.9. The van der Waals surface area contributed by atoms with Gasteiger partial charge in [0, 0.05) is 17.6 Å². The molecule has 1 fully saturated rings. The van der Waals surface area contributed by atoms with E-state index in [1.54, 1.807) is 6.08 Å². The molecule has 2 rings (SSSR count). The van der Waals surface area contributed by atoms with Crippen LogP contribution in [0.4, 0.5) is 0 Å². The number of hydrogen-bond acceptors (Lipinski definition) is 3. The molecule has 2 N–H and O–H groups in total. The Bertz CT molecular complexity index is 396. The molecule has 0 amide bonds. The van der Waals surface area contributed by atoms with Gasteiger partial charge in [0.15, 0.2) is 0 Å². The van der Waals surface area contributed by atoms with Crippen LogP contribution in [0.1, 0.15) is 38.0 Å². The predicted octanol–water partition coefficient (Wildman–Crippen LogP) is 1.87. The van der Waals surface area contributed by atoms with Crippen LogP contribution in [0.5, 0.6) is 0 Å². The number of aromatic amines is 1. The fourth-order valence-electron chi connectivity index (χ4n) is 2.31. The van der Waals surface area contributed by atoms with Crippen molar-refractivity contribution in [2.45, 2.75) is 38.5 Å². The molecular weight excluding hydrogens is 232 g/mol. The molecule has 1 aliphatic rings. The van der Waals surface area contributed by atoms with Gasteiger partial charge in [0.05, 0.1) is 0 Å². The third-order valence-electron chi connectivity index (χ3n) is 3.39. The average Bonchev–Trinajstić information content (AvgIpc) is 3.05. The summed E-state index contributed by atoms with van der Waals surface area (Å²) >= 11 is 0. The van der Waals surface area contributed by atoms with Crippen molar-refractivity contribution in [3.05, 3.63) is 24.4 Å². The highest BCUT2D eigenvalue weighted by Gasteiger charge is 2.29. The van der Waals surface area contributed by atoms with Gasteiger partial charge in [-0.3, -0.25) is 0 Å². The van der Waals surface area contributed by atoms with Crippen molar-refractivity contribution in [3.8, 4) is 0 Å². The summed E-state index contributed by atoms with van der Waals surface area (Å²) in [7, 11) is 0. The Morgan fingerprint density at radius 3 is 3.11 bits per heavy atom. The Morgan fingerprint density at radius 2 is 2.50 bits per heavy atom. The number of carboxylic acids is 1. The number of allylic oxidation sites excluding steroid dienone is 1. The predicted molar refractivity (Wildman–Crippen MR) is 63.6 cm³/mol. The van der Waals surface area contributed by atoms with E-state index in [0.29, 0.717) is 5.92 Å². The molecule has 1 saturated carbocycles. The summed E-state index contributed by atoms with van der Waals surface area (Å²) < 4.78 is 5.15. The molecule has 18 heavy (non-hydrogen) atoms. The van der Waals surface area contributed by atoms with Gasteiger partial charge in [-0.15, -0.1) is 0 Å². The largest absolute Gasteiger partial charge is 0.478 e. The third kappa shape index (κ3) is 4.31. The van der Waals surface area contributed by atoms with Crippen LogP contribution in [0, 0.1) is 11.8 Å². The summed E-state index contributed by atoms with van der Waals surface area (Å²) in [5.41, 5.74) is 0. The molecular formula is C13H19N2O3+. The first kappa shape index (κ1) is 12.8. The minimum absolute atomic E-state index is 0.611. The number of carboxylic acid groups (broad SMARTS) is 1. The van der Waals surface area contributed by atoms with E-state index < -0.39 is 5.97 Å². The number of H-pyrrole nitrogens is 1. The highest BCUT2D eigenvalue weighted by molar-refractivity contribution is 5.79. The summed E-state index contributed by atoms with van der Waals surface area (Å²) in [6, 6.07) is 0. The molecule has 0 saturated heterocycles. The Hall–Kier alpha value is -1.65. The molecule has 5 nitrogen and oxygen atoms in total. The van der Waals surface area contributed by atoms with Gasteiger partial charge < -0.3 is 9.52 Å². The number of nitrogens with zero attached hydrogens (tertiary/aromatic N) is 1. The van der Waals surface area contributed by atoms with Gasteiger partial charge in [-0.1, -0.05) is 11.2 Å². The fourth-order valence-corrected chi connectivity index (χ4v) is 2.31. The summed E-state index contributed by atoms with van der Waals surface area (Å²) in [5, 5.41) is 15.2. The fraction of sp³-hybridized carbons (Fsp3) is 0.615. The zero-order chi connectivity index (χ0) is 12.8. The number of aromatic nitrogens is 2. The van der Waals surface area contributed by atoms with E-state index in [1.807, 2.05) is 0 Å². The first-order valence-electron chi connectivity index (χ1n) is 6.45. The monoisotopic (exact) mass is 251 g/mol. The molecule has 0 unspecified atom stereocenters. The van der Waals surface area contributed by atoms with Crippen LogP contribution in [0.2, 0.25) is 0 Å². The number of aryl methyl sites for hydroxylation is 1. The molecule has 1 aromatic heterocycles. The van der Waals surface area contributed by atoms with Gasteiger partial charge in [-0.2, -0.15) is 0 Å². The zero-order valence-electron chi connectivity index (χ0n) is 10.3. The van der Waals surface area contributed by atoms with Gasteiger partial charge in [0.2, 0.25) is 0 Å². The number of carbonyl (C=O) groups is 1. The van der Waals surface area contributed by atoms with Crippen molar-refractivity contribution in [2.24, 2.45) is 11.8 Å². The minimum Gasteiger partial charge on any atom is -0.478 e. The lowest BCUT2D eigenvalue weighted by Gasteiger charge is -2.12. The van der Waals surface area contributed by atoms with Gasteiger partial charge in [-0.25, -0.2) is 4.79 Å².